The fourth-order valence-electron chi connectivity index (χ4n) is 2.82. The van der Waals surface area contributed by atoms with E-state index in [1.165, 1.54) is 11.1 Å². The molecule has 0 atom stereocenters. The number of rotatable bonds is 8. The van der Waals surface area contributed by atoms with Crippen molar-refractivity contribution >= 4 is 17.3 Å². The lowest BCUT2D eigenvalue weighted by molar-refractivity contribution is 0.267. The summed E-state index contributed by atoms with van der Waals surface area (Å²) in [5.74, 6) is 0. The van der Waals surface area contributed by atoms with Crippen LogP contribution in [0.4, 0.5) is 5.69 Å². The third-order valence-corrected chi connectivity index (χ3v) is 4.35. The monoisotopic (exact) mass is 350 g/mol. The van der Waals surface area contributed by atoms with Crippen LogP contribution in [0.25, 0.3) is 0 Å². The molecule has 0 aromatic heterocycles. The van der Waals surface area contributed by atoms with Crippen LogP contribution >= 0.6 is 11.6 Å². The van der Waals surface area contributed by atoms with Gasteiger partial charge in [-0.2, -0.15) is 0 Å². The molecule has 0 amide bonds. The summed E-state index contributed by atoms with van der Waals surface area (Å²) in [5.41, 5.74) is 3.78. The van der Waals surface area contributed by atoms with Crippen molar-refractivity contribution in [1.29, 1.82) is 0 Å². The molecule has 128 valence electrons. The minimum atomic E-state index is 0.764. The summed E-state index contributed by atoms with van der Waals surface area (Å²) in [4.78, 5) is 2.47. The van der Waals surface area contributed by atoms with E-state index < -0.39 is 0 Å². The predicted molar refractivity (Wildman–Crippen MR) is 107 cm³/mol. The van der Waals surface area contributed by atoms with Crippen LogP contribution in [0.3, 0.4) is 0 Å². The third kappa shape index (κ3) is 5.93. The van der Waals surface area contributed by atoms with Gasteiger partial charge in [-0.25, -0.2) is 0 Å². The summed E-state index contributed by atoms with van der Waals surface area (Å²) in [5, 5.41) is 4.24. The Kier molecular flexibility index (Phi) is 6.49. The summed E-state index contributed by atoms with van der Waals surface area (Å²) in [6.45, 7) is 3.74. The highest BCUT2D eigenvalue weighted by Gasteiger charge is 2.07. The fourth-order valence-corrected chi connectivity index (χ4v) is 2.95. The molecule has 0 spiro atoms. The van der Waals surface area contributed by atoms with Crippen molar-refractivity contribution in [3.63, 3.8) is 0 Å². The number of hydrogen-bond acceptors (Lipinski definition) is 2. The molecule has 0 saturated heterocycles. The highest BCUT2D eigenvalue weighted by molar-refractivity contribution is 6.30. The summed E-state index contributed by atoms with van der Waals surface area (Å²) < 4.78 is 0. The second kappa shape index (κ2) is 9.26. The van der Waals surface area contributed by atoms with Crippen LogP contribution in [0, 0.1) is 0 Å². The van der Waals surface area contributed by atoms with Crippen molar-refractivity contribution in [2.75, 3.05) is 18.4 Å². The standard InChI is InChI=1S/C22H23ClN2/c23-21-11-13-22(14-12-21)24-15-16-25(17-19-7-3-1-4-8-19)18-20-9-5-2-6-10-20/h1-14,24H,15-18H2. The topological polar surface area (TPSA) is 15.3 Å². The lowest BCUT2D eigenvalue weighted by Crippen LogP contribution is -2.28. The molecule has 3 aromatic carbocycles. The lowest BCUT2D eigenvalue weighted by Gasteiger charge is -2.23. The molecular formula is C22H23ClN2. The zero-order chi connectivity index (χ0) is 17.3. The van der Waals surface area contributed by atoms with Crippen LogP contribution in [0.1, 0.15) is 11.1 Å². The van der Waals surface area contributed by atoms with Crippen LogP contribution in [0.2, 0.25) is 5.02 Å². The van der Waals surface area contributed by atoms with Crippen LogP contribution in [0.5, 0.6) is 0 Å². The number of nitrogens with one attached hydrogen (secondary N) is 1. The van der Waals surface area contributed by atoms with E-state index in [2.05, 4.69) is 70.9 Å². The van der Waals surface area contributed by atoms with Crippen molar-refractivity contribution in [2.45, 2.75) is 13.1 Å². The summed E-state index contributed by atoms with van der Waals surface area (Å²) >= 11 is 5.94. The maximum Gasteiger partial charge on any atom is 0.0407 e. The Morgan fingerprint density at radius 2 is 1.20 bits per heavy atom. The number of nitrogens with zero attached hydrogens (tertiary/aromatic N) is 1. The molecule has 0 fully saturated rings. The highest BCUT2D eigenvalue weighted by atomic mass is 35.5. The van der Waals surface area contributed by atoms with E-state index in [9.17, 15) is 0 Å². The van der Waals surface area contributed by atoms with E-state index in [0.29, 0.717) is 0 Å². The van der Waals surface area contributed by atoms with Gasteiger partial charge in [-0.15, -0.1) is 0 Å². The van der Waals surface area contributed by atoms with Crippen molar-refractivity contribution in [3.8, 4) is 0 Å². The second-order valence-corrected chi connectivity index (χ2v) is 6.55. The molecule has 0 radical (unpaired) electrons. The molecule has 0 heterocycles. The Hall–Kier alpha value is -2.29. The van der Waals surface area contributed by atoms with E-state index in [-0.39, 0.29) is 0 Å². The molecule has 0 unspecified atom stereocenters. The Balaban J connectivity index is 1.60. The Labute approximate surface area is 155 Å². The van der Waals surface area contributed by atoms with Gasteiger partial charge in [-0.1, -0.05) is 72.3 Å². The lowest BCUT2D eigenvalue weighted by atomic mass is 10.1. The largest absolute Gasteiger partial charge is 0.384 e. The minimum absolute atomic E-state index is 0.764. The number of halogens is 1. The predicted octanol–water partition coefficient (Wildman–Crippen LogP) is 5.45. The number of anilines is 1. The molecule has 0 aliphatic rings. The molecule has 3 rings (SSSR count). The first kappa shape index (κ1) is 17.5. The van der Waals surface area contributed by atoms with Crippen LogP contribution in [0.15, 0.2) is 84.9 Å². The Morgan fingerprint density at radius 1 is 0.680 bits per heavy atom. The molecule has 2 nitrogen and oxygen atoms in total. The Bertz CT molecular complexity index is 701. The molecule has 0 aliphatic heterocycles. The van der Waals surface area contributed by atoms with Gasteiger partial charge in [0.05, 0.1) is 0 Å². The van der Waals surface area contributed by atoms with Gasteiger partial charge in [0.2, 0.25) is 0 Å². The van der Waals surface area contributed by atoms with E-state index in [1.54, 1.807) is 0 Å². The van der Waals surface area contributed by atoms with Crippen LogP contribution in [-0.2, 0) is 13.1 Å². The van der Waals surface area contributed by atoms with Crippen molar-refractivity contribution in [2.24, 2.45) is 0 Å². The highest BCUT2D eigenvalue weighted by Crippen LogP contribution is 2.14. The molecule has 0 bridgehead atoms. The molecule has 25 heavy (non-hydrogen) atoms. The minimum Gasteiger partial charge on any atom is -0.384 e. The zero-order valence-electron chi connectivity index (χ0n) is 14.2. The molecule has 0 saturated carbocycles. The summed E-state index contributed by atoms with van der Waals surface area (Å²) in [7, 11) is 0. The van der Waals surface area contributed by atoms with Gasteiger partial charge in [-0.3, -0.25) is 4.90 Å². The molecule has 1 N–H and O–H groups in total. The smallest absolute Gasteiger partial charge is 0.0407 e. The maximum atomic E-state index is 5.94. The van der Waals surface area contributed by atoms with Crippen molar-refractivity contribution < 1.29 is 0 Å². The zero-order valence-corrected chi connectivity index (χ0v) is 15.0. The SMILES string of the molecule is Clc1ccc(NCCN(Cc2ccccc2)Cc2ccccc2)cc1. The third-order valence-electron chi connectivity index (χ3n) is 4.10. The van der Waals surface area contributed by atoms with Gasteiger partial charge in [0.25, 0.3) is 0 Å². The summed E-state index contributed by atoms with van der Waals surface area (Å²) in [6.07, 6.45) is 0. The number of hydrogen-bond donors (Lipinski definition) is 1. The van der Waals surface area contributed by atoms with Gasteiger partial charge >= 0.3 is 0 Å². The van der Waals surface area contributed by atoms with E-state index >= 15 is 0 Å². The van der Waals surface area contributed by atoms with Gasteiger partial charge in [0.1, 0.15) is 0 Å². The molecule has 3 aromatic rings. The fraction of sp³-hybridized carbons (Fsp3) is 0.182. The van der Waals surface area contributed by atoms with E-state index in [4.69, 9.17) is 11.6 Å². The average Bonchev–Trinajstić information content (AvgIpc) is 2.65. The second-order valence-electron chi connectivity index (χ2n) is 6.12. The van der Waals surface area contributed by atoms with Gasteiger partial charge in [-0.05, 0) is 35.4 Å². The quantitative estimate of drug-likeness (QED) is 0.580. The van der Waals surface area contributed by atoms with Gasteiger partial charge < -0.3 is 5.32 Å². The van der Waals surface area contributed by atoms with Crippen LogP contribution < -0.4 is 5.32 Å². The first-order valence-corrected chi connectivity index (χ1v) is 8.97. The molecule has 0 aliphatic carbocycles. The Morgan fingerprint density at radius 3 is 1.72 bits per heavy atom. The average molecular weight is 351 g/mol. The van der Waals surface area contributed by atoms with E-state index in [0.717, 1.165) is 36.9 Å². The van der Waals surface area contributed by atoms with Crippen molar-refractivity contribution in [1.82, 2.24) is 4.90 Å². The van der Waals surface area contributed by atoms with Crippen molar-refractivity contribution in [3.05, 3.63) is 101 Å². The van der Waals surface area contributed by atoms with Gasteiger partial charge in [0, 0.05) is 36.9 Å². The van der Waals surface area contributed by atoms with Gasteiger partial charge in [0.15, 0.2) is 0 Å². The first-order valence-electron chi connectivity index (χ1n) is 8.59. The first-order chi connectivity index (χ1) is 12.3. The normalized spacial score (nSPS) is 10.8. The van der Waals surface area contributed by atoms with Crippen LogP contribution in [-0.4, -0.2) is 18.0 Å². The summed E-state index contributed by atoms with van der Waals surface area (Å²) in [6, 6.07) is 29.1. The van der Waals surface area contributed by atoms with E-state index in [1.807, 2.05) is 24.3 Å². The molecular weight excluding hydrogens is 328 g/mol. The molecule has 3 heteroatoms. The number of benzene rings is 3. The maximum absolute atomic E-state index is 5.94.